The zero-order valence-corrected chi connectivity index (χ0v) is 13.1. The molecule has 3 N–H and O–H groups in total. The molecule has 0 aliphatic heterocycles. The molecule has 1 unspecified atom stereocenters. The van der Waals surface area contributed by atoms with Gasteiger partial charge in [0.2, 0.25) is 0 Å². The lowest BCUT2D eigenvalue weighted by Gasteiger charge is -2.15. The van der Waals surface area contributed by atoms with Crippen molar-refractivity contribution in [2.45, 2.75) is 39.2 Å². The zero-order chi connectivity index (χ0) is 15.7. The number of nitrogens with one attached hydrogen (secondary N) is 1. The molecule has 118 valence electrons. The highest BCUT2D eigenvalue weighted by molar-refractivity contribution is 5.77. The summed E-state index contributed by atoms with van der Waals surface area (Å²) in [7, 11) is 1.60. The second-order valence-corrected chi connectivity index (χ2v) is 5.06. The Morgan fingerprint density at radius 1 is 1.43 bits per heavy atom. The van der Waals surface area contributed by atoms with Crippen LogP contribution in [0.3, 0.4) is 0 Å². The van der Waals surface area contributed by atoms with Gasteiger partial charge in [-0.25, -0.2) is 0 Å². The lowest BCUT2D eigenvalue weighted by atomic mass is 10.1. The van der Waals surface area contributed by atoms with Gasteiger partial charge in [0.15, 0.2) is 6.61 Å². The summed E-state index contributed by atoms with van der Waals surface area (Å²) in [5, 5.41) is 2.91. The summed E-state index contributed by atoms with van der Waals surface area (Å²) in [4.78, 5) is 11.8. The molecule has 0 fully saturated rings. The first-order chi connectivity index (χ1) is 10.1. The van der Waals surface area contributed by atoms with E-state index in [0.29, 0.717) is 24.5 Å². The maximum absolute atomic E-state index is 11.8. The number of amides is 1. The molecule has 0 aromatic heterocycles. The molecule has 0 spiro atoms. The molecule has 5 nitrogen and oxygen atoms in total. The van der Waals surface area contributed by atoms with Gasteiger partial charge in [-0.3, -0.25) is 4.79 Å². The monoisotopic (exact) mass is 294 g/mol. The molecule has 21 heavy (non-hydrogen) atoms. The average Bonchev–Trinajstić information content (AvgIpc) is 2.46. The zero-order valence-electron chi connectivity index (χ0n) is 13.1. The number of rotatable bonds is 9. The Kier molecular flexibility index (Phi) is 7.61. The van der Waals surface area contributed by atoms with Crippen molar-refractivity contribution in [2.75, 3.05) is 20.3 Å². The fraction of sp³-hybridized carbons (Fsp3) is 0.562. The van der Waals surface area contributed by atoms with Crippen LogP contribution in [0.2, 0.25) is 0 Å². The van der Waals surface area contributed by atoms with Crippen LogP contribution in [-0.4, -0.2) is 32.2 Å². The molecule has 0 radical (unpaired) electrons. The van der Waals surface area contributed by atoms with E-state index < -0.39 is 0 Å². The number of methoxy groups -OCH3 is 1. The second kappa shape index (κ2) is 9.23. The SMILES string of the molecule is CCCC(C)NC(=O)COc1cc(OC)ccc1CCN. The Morgan fingerprint density at radius 2 is 2.19 bits per heavy atom. The standard InChI is InChI=1S/C16H26N2O3/c1-4-5-12(2)18-16(19)11-21-15-10-14(20-3)7-6-13(15)8-9-17/h6-7,10,12H,4-5,8-9,11,17H2,1-3H3,(H,18,19). The first-order valence-corrected chi connectivity index (χ1v) is 7.39. The van der Waals surface area contributed by atoms with Crippen LogP contribution < -0.4 is 20.5 Å². The Hall–Kier alpha value is -1.75. The molecule has 0 heterocycles. The minimum atomic E-state index is -0.113. The number of carbonyl (C=O) groups is 1. The fourth-order valence-electron chi connectivity index (χ4n) is 2.12. The molecule has 5 heteroatoms. The highest BCUT2D eigenvalue weighted by Gasteiger charge is 2.10. The molecular formula is C16H26N2O3. The van der Waals surface area contributed by atoms with Crippen LogP contribution in [0.25, 0.3) is 0 Å². The third-order valence-corrected chi connectivity index (χ3v) is 3.18. The van der Waals surface area contributed by atoms with Gasteiger partial charge in [-0.2, -0.15) is 0 Å². The number of benzene rings is 1. The van der Waals surface area contributed by atoms with E-state index in [0.717, 1.165) is 18.4 Å². The quantitative estimate of drug-likeness (QED) is 0.729. The van der Waals surface area contributed by atoms with Crippen LogP contribution in [-0.2, 0) is 11.2 Å². The molecule has 1 aromatic carbocycles. The molecule has 0 saturated heterocycles. The second-order valence-electron chi connectivity index (χ2n) is 5.06. The van der Waals surface area contributed by atoms with E-state index in [1.807, 2.05) is 19.1 Å². The van der Waals surface area contributed by atoms with Crippen molar-refractivity contribution in [3.8, 4) is 11.5 Å². The van der Waals surface area contributed by atoms with Crippen molar-refractivity contribution in [1.82, 2.24) is 5.32 Å². The first kappa shape index (κ1) is 17.3. The summed E-state index contributed by atoms with van der Waals surface area (Å²) in [5.41, 5.74) is 6.57. The lowest BCUT2D eigenvalue weighted by Crippen LogP contribution is -2.36. The molecule has 1 rings (SSSR count). The minimum Gasteiger partial charge on any atom is -0.497 e. The predicted molar refractivity (Wildman–Crippen MR) is 83.8 cm³/mol. The summed E-state index contributed by atoms with van der Waals surface area (Å²) in [6.45, 7) is 4.61. The summed E-state index contributed by atoms with van der Waals surface area (Å²) in [6.07, 6.45) is 2.70. The summed E-state index contributed by atoms with van der Waals surface area (Å²) in [6, 6.07) is 5.73. The van der Waals surface area contributed by atoms with E-state index in [-0.39, 0.29) is 18.6 Å². The van der Waals surface area contributed by atoms with Crippen molar-refractivity contribution in [3.05, 3.63) is 23.8 Å². The summed E-state index contributed by atoms with van der Waals surface area (Å²) in [5.74, 6) is 1.24. The van der Waals surface area contributed by atoms with Gasteiger partial charge >= 0.3 is 0 Å². The maximum atomic E-state index is 11.8. The Morgan fingerprint density at radius 3 is 2.81 bits per heavy atom. The average molecular weight is 294 g/mol. The number of hydrogen-bond donors (Lipinski definition) is 2. The predicted octanol–water partition coefficient (Wildman–Crippen LogP) is 1.88. The minimum absolute atomic E-state index is 0.00120. The maximum Gasteiger partial charge on any atom is 0.258 e. The van der Waals surface area contributed by atoms with Crippen LogP contribution in [0.1, 0.15) is 32.3 Å². The van der Waals surface area contributed by atoms with Gasteiger partial charge in [0.1, 0.15) is 11.5 Å². The van der Waals surface area contributed by atoms with E-state index in [9.17, 15) is 4.79 Å². The van der Waals surface area contributed by atoms with Crippen molar-refractivity contribution >= 4 is 5.91 Å². The van der Waals surface area contributed by atoms with Crippen molar-refractivity contribution < 1.29 is 14.3 Å². The van der Waals surface area contributed by atoms with Crippen LogP contribution in [0.4, 0.5) is 0 Å². The number of ether oxygens (including phenoxy) is 2. The van der Waals surface area contributed by atoms with Crippen LogP contribution in [0.15, 0.2) is 18.2 Å². The van der Waals surface area contributed by atoms with Crippen LogP contribution in [0, 0.1) is 0 Å². The summed E-state index contributed by atoms with van der Waals surface area (Å²) < 4.78 is 10.8. The molecule has 1 amide bonds. The largest absolute Gasteiger partial charge is 0.497 e. The van der Waals surface area contributed by atoms with E-state index in [2.05, 4.69) is 12.2 Å². The molecule has 1 aromatic rings. The van der Waals surface area contributed by atoms with Crippen LogP contribution in [0.5, 0.6) is 11.5 Å². The van der Waals surface area contributed by atoms with E-state index in [1.54, 1.807) is 13.2 Å². The molecule has 0 saturated carbocycles. The van der Waals surface area contributed by atoms with Gasteiger partial charge in [0, 0.05) is 12.1 Å². The lowest BCUT2D eigenvalue weighted by molar-refractivity contribution is -0.123. The highest BCUT2D eigenvalue weighted by atomic mass is 16.5. The highest BCUT2D eigenvalue weighted by Crippen LogP contribution is 2.25. The Bertz CT molecular complexity index is 449. The van der Waals surface area contributed by atoms with Gasteiger partial charge in [-0.05, 0) is 37.9 Å². The van der Waals surface area contributed by atoms with Crippen molar-refractivity contribution in [2.24, 2.45) is 5.73 Å². The number of nitrogens with two attached hydrogens (primary N) is 1. The molecular weight excluding hydrogens is 268 g/mol. The number of hydrogen-bond acceptors (Lipinski definition) is 4. The fourth-order valence-corrected chi connectivity index (χ4v) is 2.12. The Balaban J connectivity index is 2.62. The van der Waals surface area contributed by atoms with Gasteiger partial charge in [-0.1, -0.05) is 19.4 Å². The molecule has 0 aliphatic rings. The number of carbonyl (C=O) groups excluding carboxylic acids is 1. The molecule has 0 aliphatic carbocycles. The first-order valence-electron chi connectivity index (χ1n) is 7.39. The topological polar surface area (TPSA) is 73.6 Å². The van der Waals surface area contributed by atoms with Gasteiger partial charge in [0.25, 0.3) is 5.91 Å². The summed E-state index contributed by atoms with van der Waals surface area (Å²) >= 11 is 0. The third-order valence-electron chi connectivity index (χ3n) is 3.18. The normalized spacial score (nSPS) is 11.8. The van der Waals surface area contributed by atoms with Crippen molar-refractivity contribution in [1.29, 1.82) is 0 Å². The van der Waals surface area contributed by atoms with Gasteiger partial charge in [-0.15, -0.1) is 0 Å². The molecule has 0 bridgehead atoms. The smallest absolute Gasteiger partial charge is 0.258 e. The van der Waals surface area contributed by atoms with Gasteiger partial charge < -0.3 is 20.5 Å². The Labute approximate surface area is 126 Å². The van der Waals surface area contributed by atoms with E-state index in [1.165, 1.54) is 0 Å². The third kappa shape index (κ3) is 6.04. The van der Waals surface area contributed by atoms with Gasteiger partial charge in [0.05, 0.1) is 7.11 Å². The van der Waals surface area contributed by atoms with E-state index >= 15 is 0 Å². The van der Waals surface area contributed by atoms with Crippen molar-refractivity contribution in [3.63, 3.8) is 0 Å². The van der Waals surface area contributed by atoms with Crippen LogP contribution >= 0.6 is 0 Å². The van der Waals surface area contributed by atoms with E-state index in [4.69, 9.17) is 15.2 Å². The molecule has 1 atom stereocenters.